The number of carbonyl (C=O) groups is 1. The van der Waals surface area contributed by atoms with Gasteiger partial charge in [0.15, 0.2) is 0 Å². The van der Waals surface area contributed by atoms with Crippen molar-refractivity contribution in [1.82, 2.24) is 0 Å². The van der Waals surface area contributed by atoms with Gasteiger partial charge in [0, 0.05) is 0 Å². The molecule has 1 rings (SSSR count). The van der Waals surface area contributed by atoms with Crippen LogP contribution in [0.3, 0.4) is 0 Å². The van der Waals surface area contributed by atoms with Gasteiger partial charge in [-0.2, -0.15) is 13.2 Å². The number of hydrogen-bond acceptors (Lipinski definition) is 3. The van der Waals surface area contributed by atoms with Gasteiger partial charge in [-0.15, -0.1) is 13.2 Å². The van der Waals surface area contributed by atoms with E-state index in [1.165, 1.54) is 0 Å². The second kappa shape index (κ2) is 5.59. The van der Waals surface area contributed by atoms with Crippen molar-refractivity contribution in [3.8, 4) is 5.75 Å². The second-order valence-corrected chi connectivity index (χ2v) is 3.62. The summed E-state index contributed by atoms with van der Waals surface area (Å²) in [6, 6.07) is 1.45. The lowest BCUT2D eigenvalue weighted by Crippen LogP contribution is -2.18. The Morgan fingerprint density at radius 1 is 1.15 bits per heavy atom. The summed E-state index contributed by atoms with van der Waals surface area (Å²) in [7, 11) is 0.950. The number of hydrogen-bond donors (Lipinski definition) is 0. The van der Waals surface area contributed by atoms with Gasteiger partial charge in [0.2, 0.25) is 0 Å². The third kappa shape index (κ3) is 4.63. The molecule has 0 aliphatic carbocycles. The molecule has 9 heteroatoms. The molecule has 1 aromatic carbocycles. The predicted molar refractivity (Wildman–Crippen MR) is 53.8 cm³/mol. The van der Waals surface area contributed by atoms with E-state index >= 15 is 0 Å². The highest BCUT2D eigenvalue weighted by Crippen LogP contribution is 2.35. The Balaban J connectivity index is 3.18. The maximum absolute atomic E-state index is 12.7. The minimum absolute atomic E-state index is 0.416. The van der Waals surface area contributed by atoms with Crippen molar-refractivity contribution in [1.29, 1.82) is 0 Å². The quantitative estimate of drug-likeness (QED) is 0.635. The van der Waals surface area contributed by atoms with E-state index in [9.17, 15) is 31.1 Å². The lowest BCUT2D eigenvalue weighted by molar-refractivity contribution is -0.274. The molecule has 0 amide bonds. The van der Waals surface area contributed by atoms with Gasteiger partial charge in [0.1, 0.15) is 5.75 Å². The molecule has 0 heterocycles. The van der Waals surface area contributed by atoms with Gasteiger partial charge in [-0.05, 0) is 23.8 Å². The Morgan fingerprint density at radius 3 is 2.20 bits per heavy atom. The smallest absolute Gasteiger partial charge is 0.469 e. The summed E-state index contributed by atoms with van der Waals surface area (Å²) in [5, 5.41) is 0. The average Bonchev–Trinajstić information content (AvgIpc) is 2.25. The second-order valence-electron chi connectivity index (χ2n) is 3.62. The van der Waals surface area contributed by atoms with E-state index < -0.39 is 41.8 Å². The summed E-state index contributed by atoms with van der Waals surface area (Å²) >= 11 is 0. The predicted octanol–water partition coefficient (Wildman–Crippen LogP) is 3.32. The fraction of sp³-hybridized carbons (Fsp3) is 0.364. The zero-order chi connectivity index (χ0) is 15.6. The van der Waals surface area contributed by atoms with Gasteiger partial charge >= 0.3 is 18.5 Å². The van der Waals surface area contributed by atoms with Gasteiger partial charge < -0.3 is 9.47 Å². The molecule has 1 aromatic rings. The summed E-state index contributed by atoms with van der Waals surface area (Å²) in [5.41, 5.74) is -1.89. The Morgan fingerprint density at radius 2 is 1.75 bits per heavy atom. The molecule has 20 heavy (non-hydrogen) atoms. The molecule has 0 N–H and O–H groups in total. The van der Waals surface area contributed by atoms with E-state index in [4.69, 9.17) is 0 Å². The molecule has 0 spiro atoms. The van der Waals surface area contributed by atoms with Crippen LogP contribution in [-0.2, 0) is 22.1 Å². The highest BCUT2D eigenvalue weighted by Gasteiger charge is 2.36. The molecule has 0 radical (unpaired) electrons. The number of ether oxygens (including phenoxy) is 2. The number of methoxy groups -OCH3 is 1. The SMILES string of the molecule is COC(=O)Cc1cc(OC(F)(F)F)ccc1C(F)(F)F. The van der Waals surface area contributed by atoms with E-state index in [0.717, 1.165) is 7.11 Å². The number of alkyl halides is 6. The van der Waals surface area contributed by atoms with Gasteiger partial charge in [-0.3, -0.25) is 4.79 Å². The molecule has 0 saturated carbocycles. The third-order valence-corrected chi connectivity index (χ3v) is 2.18. The molecule has 0 aliphatic rings. The first-order chi connectivity index (χ1) is 9.03. The summed E-state index contributed by atoms with van der Waals surface area (Å²) < 4.78 is 81.7. The number of carbonyl (C=O) groups excluding carboxylic acids is 1. The van der Waals surface area contributed by atoms with E-state index in [1.54, 1.807) is 0 Å². The van der Waals surface area contributed by atoms with E-state index in [1.807, 2.05) is 0 Å². The van der Waals surface area contributed by atoms with Crippen molar-refractivity contribution in [3.05, 3.63) is 29.3 Å². The van der Waals surface area contributed by atoms with Gasteiger partial charge in [-0.1, -0.05) is 0 Å². The number of esters is 1. The van der Waals surface area contributed by atoms with Crippen molar-refractivity contribution in [3.63, 3.8) is 0 Å². The largest absolute Gasteiger partial charge is 0.573 e. The number of benzene rings is 1. The van der Waals surface area contributed by atoms with Crippen molar-refractivity contribution in [2.45, 2.75) is 19.0 Å². The van der Waals surface area contributed by atoms with Gasteiger partial charge in [-0.25, -0.2) is 0 Å². The monoisotopic (exact) mass is 302 g/mol. The molecule has 0 aromatic heterocycles. The van der Waals surface area contributed by atoms with E-state index in [0.29, 0.717) is 18.2 Å². The maximum Gasteiger partial charge on any atom is 0.573 e. The highest BCUT2D eigenvalue weighted by molar-refractivity contribution is 5.73. The van der Waals surface area contributed by atoms with Crippen LogP contribution >= 0.6 is 0 Å². The topological polar surface area (TPSA) is 35.5 Å². The van der Waals surface area contributed by atoms with Gasteiger partial charge in [0.25, 0.3) is 0 Å². The number of halogens is 6. The van der Waals surface area contributed by atoms with Crippen LogP contribution in [0.4, 0.5) is 26.3 Å². The summed E-state index contributed by atoms with van der Waals surface area (Å²) in [6.07, 6.45) is -10.7. The van der Waals surface area contributed by atoms with Gasteiger partial charge in [0.05, 0.1) is 19.1 Å². The Kier molecular flexibility index (Phi) is 4.51. The Bertz CT molecular complexity index is 492. The molecule has 0 fully saturated rings. The summed E-state index contributed by atoms with van der Waals surface area (Å²) in [5.74, 6) is -1.86. The van der Waals surface area contributed by atoms with Crippen LogP contribution in [-0.4, -0.2) is 19.4 Å². The molecule has 3 nitrogen and oxygen atoms in total. The van der Waals surface area contributed by atoms with Crippen molar-refractivity contribution >= 4 is 5.97 Å². The Hall–Kier alpha value is -1.93. The van der Waals surface area contributed by atoms with Crippen LogP contribution in [0.25, 0.3) is 0 Å². The minimum atomic E-state index is -5.04. The zero-order valence-corrected chi connectivity index (χ0v) is 9.93. The fourth-order valence-electron chi connectivity index (χ4n) is 1.42. The molecule has 0 unspecified atom stereocenters. The van der Waals surface area contributed by atoms with Crippen molar-refractivity contribution < 1.29 is 40.6 Å². The van der Waals surface area contributed by atoms with E-state index in [-0.39, 0.29) is 0 Å². The molecule has 0 saturated heterocycles. The van der Waals surface area contributed by atoms with Crippen LogP contribution in [0.1, 0.15) is 11.1 Å². The zero-order valence-electron chi connectivity index (χ0n) is 9.93. The van der Waals surface area contributed by atoms with Crippen molar-refractivity contribution in [2.24, 2.45) is 0 Å². The van der Waals surface area contributed by atoms with Crippen LogP contribution in [0.5, 0.6) is 5.75 Å². The van der Waals surface area contributed by atoms with Crippen LogP contribution in [0.2, 0.25) is 0 Å². The molecular weight excluding hydrogens is 294 g/mol. The molecule has 112 valence electrons. The van der Waals surface area contributed by atoms with Crippen LogP contribution in [0, 0.1) is 0 Å². The normalized spacial score (nSPS) is 12.2. The molecule has 0 atom stereocenters. The first kappa shape index (κ1) is 16.1. The molecule has 0 bridgehead atoms. The summed E-state index contributed by atoms with van der Waals surface area (Å²) in [6.45, 7) is 0. The van der Waals surface area contributed by atoms with Crippen LogP contribution < -0.4 is 4.74 Å². The molecular formula is C11H8F6O3. The van der Waals surface area contributed by atoms with E-state index in [2.05, 4.69) is 9.47 Å². The maximum atomic E-state index is 12.7. The number of rotatable bonds is 3. The minimum Gasteiger partial charge on any atom is -0.469 e. The lowest BCUT2D eigenvalue weighted by atomic mass is 10.0. The third-order valence-electron chi connectivity index (χ3n) is 2.18. The standard InChI is InChI=1S/C11H8F6O3/c1-19-9(18)5-6-4-7(20-11(15,16)17)2-3-8(6)10(12,13)14/h2-4H,5H2,1H3. The highest BCUT2D eigenvalue weighted by atomic mass is 19.4. The lowest BCUT2D eigenvalue weighted by Gasteiger charge is -2.15. The van der Waals surface area contributed by atoms with Crippen molar-refractivity contribution in [2.75, 3.05) is 7.11 Å². The fourth-order valence-corrected chi connectivity index (χ4v) is 1.42. The first-order valence-corrected chi connectivity index (χ1v) is 5.05. The van der Waals surface area contributed by atoms with Crippen LogP contribution in [0.15, 0.2) is 18.2 Å². The first-order valence-electron chi connectivity index (χ1n) is 5.05. The Labute approximate surface area is 109 Å². The summed E-state index contributed by atoms with van der Waals surface area (Å²) in [4.78, 5) is 11.0. The average molecular weight is 302 g/mol. The molecule has 0 aliphatic heterocycles.